The Bertz CT molecular complexity index is 773. The third kappa shape index (κ3) is 5.08. The van der Waals surface area contributed by atoms with E-state index in [1.54, 1.807) is 0 Å². The van der Waals surface area contributed by atoms with Gasteiger partial charge in [0.05, 0.1) is 11.9 Å². The molecule has 5 nitrogen and oxygen atoms in total. The van der Waals surface area contributed by atoms with Crippen molar-refractivity contribution in [1.82, 2.24) is 20.0 Å². The molecule has 5 heteroatoms. The second kappa shape index (κ2) is 9.57. The highest BCUT2D eigenvalue weighted by atomic mass is 16.1. The monoisotopic (exact) mass is 394 g/mol. The molecule has 1 aliphatic carbocycles. The van der Waals surface area contributed by atoms with Crippen molar-refractivity contribution in [3.8, 4) is 5.69 Å². The number of hydrogen-bond acceptors (Lipinski definition) is 3. The van der Waals surface area contributed by atoms with Crippen LogP contribution in [0.25, 0.3) is 5.69 Å². The van der Waals surface area contributed by atoms with Crippen LogP contribution in [-0.4, -0.2) is 45.8 Å². The molecule has 1 aromatic heterocycles. The average Bonchev–Trinajstić information content (AvgIpc) is 3.27. The number of likely N-dealkylation sites (tertiary alicyclic amines) is 1. The number of hydrogen-bond donors (Lipinski definition) is 1. The van der Waals surface area contributed by atoms with Gasteiger partial charge in [0.1, 0.15) is 0 Å². The maximum absolute atomic E-state index is 12.6. The van der Waals surface area contributed by atoms with Gasteiger partial charge in [-0.2, -0.15) is 5.10 Å². The molecule has 29 heavy (non-hydrogen) atoms. The molecule has 1 saturated heterocycles. The van der Waals surface area contributed by atoms with Gasteiger partial charge in [-0.25, -0.2) is 4.68 Å². The molecule has 156 valence electrons. The SMILES string of the molecule is O=C(CCc1cnn(-c2ccccc2)c1)NCC1(N2CCCCC2)CCCCC1. The Morgan fingerprint density at radius 2 is 1.72 bits per heavy atom. The van der Waals surface area contributed by atoms with Crippen molar-refractivity contribution >= 4 is 5.91 Å². The van der Waals surface area contributed by atoms with Gasteiger partial charge in [0.25, 0.3) is 0 Å². The van der Waals surface area contributed by atoms with Crippen LogP contribution in [0.5, 0.6) is 0 Å². The van der Waals surface area contributed by atoms with Crippen LogP contribution in [0.3, 0.4) is 0 Å². The van der Waals surface area contributed by atoms with Crippen LogP contribution >= 0.6 is 0 Å². The highest BCUT2D eigenvalue weighted by molar-refractivity contribution is 5.76. The lowest BCUT2D eigenvalue weighted by atomic mass is 9.79. The second-order valence-electron chi connectivity index (χ2n) is 8.74. The van der Waals surface area contributed by atoms with E-state index in [1.165, 1.54) is 64.5 Å². The Hall–Kier alpha value is -2.14. The van der Waals surface area contributed by atoms with Crippen LogP contribution in [0.2, 0.25) is 0 Å². The van der Waals surface area contributed by atoms with Crippen LogP contribution in [0.4, 0.5) is 0 Å². The molecule has 1 amide bonds. The van der Waals surface area contributed by atoms with Crippen molar-refractivity contribution < 1.29 is 4.79 Å². The molecule has 1 saturated carbocycles. The summed E-state index contributed by atoms with van der Waals surface area (Å²) in [4.78, 5) is 15.3. The maximum atomic E-state index is 12.6. The molecular weight excluding hydrogens is 360 g/mol. The zero-order chi connectivity index (χ0) is 19.9. The summed E-state index contributed by atoms with van der Waals surface area (Å²) in [6, 6.07) is 10.1. The highest BCUT2D eigenvalue weighted by Gasteiger charge is 2.38. The third-order valence-electron chi connectivity index (χ3n) is 6.72. The van der Waals surface area contributed by atoms with Crippen molar-refractivity contribution in [1.29, 1.82) is 0 Å². The molecule has 0 unspecified atom stereocenters. The van der Waals surface area contributed by atoms with E-state index in [0.717, 1.165) is 24.2 Å². The van der Waals surface area contributed by atoms with Gasteiger partial charge < -0.3 is 5.32 Å². The van der Waals surface area contributed by atoms with E-state index < -0.39 is 0 Å². The predicted molar refractivity (Wildman–Crippen MR) is 116 cm³/mol. The lowest BCUT2D eigenvalue weighted by molar-refractivity contribution is -0.122. The first-order chi connectivity index (χ1) is 14.3. The predicted octanol–water partition coefficient (Wildman–Crippen LogP) is 4.11. The van der Waals surface area contributed by atoms with E-state index in [4.69, 9.17) is 0 Å². The fourth-order valence-electron chi connectivity index (χ4n) is 5.00. The smallest absolute Gasteiger partial charge is 0.220 e. The Morgan fingerprint density at radius 1 is 1.00 bits per heavy atom. The van der Waals surface area contributed by atoms with Gasteiger partial charge in [0.15, 0.2) is 0 Å². The van der Waals surface area contributed by atoms with Gasteiger partial charge in [-0.15, -0.1) is 0 Å². The summed E-state index contributed by atoms with van der Waals surface area (Å²) < 4.78 is 1.88. The van der Waals surface area contributed by atoms with Crippen molar-refractivity contribution in [2.45, 2.75) is 69.7 Å². The Balaban J connectivity index is 1.29. The lowest BCUT2D eigenvalue weighted by Gasteiger charge is -2.48. The molecule has 0 bridgehead atoms. The number of carbonyl (C=O) groups excluding carboxylic acids is 1. The number of nitrogens with one attached hydrogen (secondary N) is 1. The summed E-state index contributed by atoms with van der Waals surface area (Å²) in [5.74, 6) is 0.166. The van der Waals surface area contributed by atoms with Crippen LogP contribution in [-0.2, 0) is 11.2 Å². The second-order valence-corrected chi connectivity index (χ2v) is 8.74. The molecule has 4 rings (SSSR count). The normalized spacial score (nSPS) is 19.7. The molecule has 0 spiro atoms. The quantitative estimate of drug-likeness (QED) is 0.769. The number of aryl methyl sites for hydroxylation is 1. The lowest BCUT2D eigenvalue weighted by Crippen LogP contribution is -2.58. The van der Waals surface area contributed by atoms with Crippen LogP contribution in [0.1, 0.15) is 63.4 Å². The summed E-state index contributed by atoms with van der Waals surface area (Å²) in [6.07, 6.45) is 15.5. The van der Waals surface area contributed by atoms with Crippen molar-refractivity contribution in [2.75, 3.05) is 19.6 Å². The van der Waals surface area contributed by atoms with Crippen molar-refractivity contribution in [3.05, 3.63) is 48.3 Å². The zero-order valence-corrected chi connectivity index (χ0v) is 17.5. The number of aromatic nitrogens is 2. The molecule has 2 heterocycles. The molecule has 0 radical (unpaired) electrons. The molecule has 1 aromatic carbocycles. The van der Waals surface area contributed by atoms with Gasteiger partial charge in [-0.3, -0.25) is 9.69 Å². The standard InChI is InChI=1S/C24H34N4O/c29-23(13-12-21-18-26-28(19-21)22-10-4-1-5-11-22)25-20-24(14-6-2-7-15-24)27-16-8-3-9-17-27/h1,4-5,10-11,18-19H,2-3,6-9,12-17,20H2,(H,25,29). The molecule has 0 atom stereocenters. The van der Waals surface area contributed by atoms with Crippen LogP contribution in [0.15, 0.2) is 42.7 Å². The molecule has 1 aliphatic heterocycles. The first-order valence-corrected chi connectivity index (χ1v) is 11.4. The Morgan fingerprint density at radius 3 is 2.48 bits per heavy atom. The Kier molecular flexibility index (Phi) is 6.65. The fourth-order valence-corrected chi connectivity index (χ4v) is 5.00. The molecule has 1 N–H and O–H groups in total. The number of carbonyl (C=O) groups is 1. The van der Waals surface area contributed by atoms with Gasteiger partial charge in [-0.05, 0) is 62.9 Å². The van der Waals surface area contributed by atoms with E-state index in [0.29, 0.717) is 6.42 Å². The number of para-hydroxylation sites is 1. The van der Waals surface area contributed by atoms with Crippen molar-refractivity contribution in [2.24, 2.45) is 0 Å². The van der Waals surface area contributed by atoms with E-state index >= 15 is 0 Å². The van der Waals surface area contributed by atoms with E-state index in [2.05, 4.69) is 15.3 Å². The largest absolute Gasteiger partial charge is 0.354 e. The van der Waals surface area contributed by atoms with Gasteiger partial charge in [-0.1, -0.05) is 43.9 Å². The van der Waals surface area contributed by atoms with E-state index in [9.17, 15) is 4.79 Å². The summed E-state index contributed by atoms with van der Waals surface area (Å²) >= 11 is 0. The number of nitrogens with zero attached hydrogens (tertiary/aromatic N) is 3. The summed E-state index contributed by atoms with van der Waals surface area (Å²) in [7, 11) is 0. The first kappa shape index (κ1) is 20.1. The maximum Gasteiger partial charge on any atom is 0.220 e. The topological polar surface area (TPSA) is 50.2 Å². The summed E-state index contributed by atoms with van der Waals surface area (Å²) in [5, 5.41) is 7.73. The van der Waals surface area contributed by atoms with Gasteiger partial charge in [0.2, 0.25) is 5.91 Å². The fraction of sp³-hybridized carbons (Fsp3) is 0.583. The minimum absolute atomic E-state index is 0.166. The minimum atomic E-state index is 0.166. The van der Waals surface area contributed by atoms with Crippen molar-refractivity contribution in [3.63, 3.8) is 0 Å². The first-order valence-electron chi connectivity index (χ1n) is 11.4. The molecular formula is C24H34N4O. The molecule has 2 aliphatic rings. The zero-order valence-electron chi connectivity index (χ0n) is 17.5. The van der Waals surface area contributed by atoms with Gasteiger partial charge in [0, 0.05) is 24.7 Å². The van der Waals surface area contributed by atoms with E-state index in [1.807, 2.05) is 47.4 Å². The van der Waals surface area contributed by atoms with Crippen LogP contribution in [0, 0.1) is 0 Å². The molecule has 2 fully saturated rings. The number of benzene rings is 1. The summed E-state index contributed by atoms with van der Waals surface area (Å²) in [6.45, 7) is 3.22. The average molecular weight is 395 g/mol. The number of amides is 1. The summed E-state index contributed by atoms with van der Waals surface area (Å²) in [5.41, 5.74) is 2.35. The number of rotatable bonds is 7. The third-order valence-corrected chi connectivity index (χ3v) is 6.72. The highest BCUT2D eigenvalue weighted by Crippen LogP contribution is 2.35. The minimum Gasteiger partial charge on any atom is -0.354 e. The van der Waals surface area contributed by atoms with Gasteiger partial charge >= 0.3 is 0 Å². The Labute approximate surface area is 174 Å². The van der Waals surface area contributed by atoms with E-state index in [-0.39, 0.29) is 11.4 Å². The molecule has 2 aromatic rings. The number of piperidine rings is 1. The van der Waals surface area contributed by atoms with Crippen LogP contribution < -0.4 is 5.32 Å².